The molecule has 5 rings (SSSR count). The third-order valence-electron chi connectivity index (χ3n) is 5.72. The number of pyridine rings is 2. The Morgan fingerprint density at radius 1 is 1.03 bits per heavy atom. The molecule has 0 bridgehead atoms. The number of fused-ring (bicyclic) bond motifs is 1. The summed E-state index contributed by atoms with van der Waals surface area (Å²) in [5, 5.41) is 0.978. The lowest BCUT2D eigenvalue weighted by Crippen LogP contribution is -2.28. The van der Waals surface area contributed by atoms with Gasteiger partial charge >= 0.3 is 0 Å². The van der Waals surface area contributed by atoms with Crippen molar-refractivity contribution in [2.24, 2.45) is 0 Å². The number of para-hydroxylation sites is 1. The highest BCUT2D eigenvalue weighted by Crippen LogP contribution is 2.31. The fourth-order valence-electron chi connectivity index (χ4n) is 4.22. The second kappa shape index (κ2) is 7.67. The van der Waals surface area contributed by atoms with Crippen LogP contribution in [0.25, 0.3) is 22.0 Å². The van der Waals surface area contributed by atoms with E-state index >= 15 is 0 Å². The van der Waals surface area contributed by atoms with Crippen LogP contribution in [0.15, 0.2) is 79.3 Å². The Hall–Kier alpha value is -3.60. The number of nitrogens with zero attached hydrogens (tertiary/aromatic N) is 3. The van der Waals surface area contributed by atoms with E-state index in [1.54, 1.807) is 23.4 Å². The number of halogens is 1. The van der Waals surface area contributed by atoms with Gasteiger partial charge in [-0.1, -0.05) is 30.3 Å². The first-order valence-corrected chi connectivity index (χ1v) is 10.0. The van der Waals surface area contributed by atoms with Gasteiger partial charge in [0.25, 0.3) is 5.91 Å². The van der Waals surface area contributed by atoms with Crippen molar-refractivity contribution in [3.8, 4) is 11.1 Å². The van der Waals surface area contributed by atoms with Gasteiger partial charge in [0.15, 0.2) is 0 Å². The molecule has 1 saturated heterocycles. The molecular formula is C25H20FN3O. The van der Waals surface area contributed by atoms with E-state index in [2.05, 4.69) is 9.97 Å². The molecule has 1 atom stereocenters. The number of carbonyl (C=O) groups is 1. The summed E-state index contributed by atoms with van der Waals surface area (Å²) in [6, 6.07) is 18.2. The van der Waals surface area contributed by atoms with Crippen LogP contribution in [0.2, 0.25) is 0 Å². The summed E-state index contributed by atoms with van der Waals surface area (Å²) >= 11 is 0. The smallest absolute Gasteiger partial charge is 0.253 e. The highest BCUT2D eigenvalue weighted by atomic mass is 19.1. The van der Waals surface area contributed by atoms with Gasteiger partial charge in [-0.05, 0) is 47.9 Å². The second-order valence-corrected chi connectivity index (χ2v) is 7.63. The van der Waals surface area contributed by atoms with E-state index in [4.69, 9.17) is 0 Å². The zero-order valence-corrected chi connectivity index (χ0v) is 16.3. The summed E-state index contributed by atoms with van der Waals surface area (Å²) in [6.07, 6.45) is 6.21. The van der Waals surface area contributed by atoms with Crippen LogP contribution in [0.3, 0.4) is 0 Å². The molecule has 0 spiro atoms. The second-order valence-electron chi connectivity index (χ2n) is 7.63. The van der Waals surface area contributed by atoms with Crippen LogP contribution >= 0.6 is 0 Å². The van der Waals surface area contributed by atoms with Crippen molar-refractivity contribution < 1.29 is 9.18 Å². The molecule has 30 heavy (non-hydrogen) atoms. The first-order valence-electron chi connectivity index (χ1n) is 10.0. The molecule has 2 aromatic carbocycles. The van der Waals surface area contributed by atoms with Crippen molar-refractivity contribution in [3.05, 3.63) is 96.2 Å². The number of hydrogen-bond donors (Lipinski definition) is 0. The molecular weight excluding hydrogens is 377 g/mol. The Kier molecular flexibility index (Phi) is 4.71. The Balaban J connectivity index is 1.46. The molecule has 1 amide bonds. The summed E-state index contributed by atoms with van der Waals surface area (Å²) in [7, 11) is 0. The van der Waals surface area contributed by atoms with Gasteiger partial charge in [-0.3, -0.25) is 14.8 Å². The number of benzene rings is 2. The predicted octanol–water partition coefficient (Wildman–Crippen LogP) is 5.07. The number of amides is 1. The third-order valence-corrected chi connectivity index (χ3v) is 5.72. The fourth-order valence-corrected chi connectivity index (χ4v) is 4.22. The van der Waals surface area contributed by atoms with Gasteiger partial charge in [-0.15, -0.1) is 0 Å². The summed E-state index contributed by atoms with van der Waals surface area (Å²) < 4.78 is 14.5. The Bertz CT molecular complexity index is 1220. The minimum absolute atomic E-state index is 0.143. The van der Waals surface area contributed by atoms with Crippen LogP contribution in [0.1, 0.15) is 28.3 Å². The van der Waals surface area contributed by atoms with Crippen LogP contribution in [0, 0.1) is 5.82 Å². The molecule has 4 aromatic rings. The minimum Gasteiger partial charge on any atom is -0.338 e. The quantitative estimate of drug-likeness (QED) is 0.485. The SMILES string of the molecule is O=C(c1cc(F)cc(-c2cccc3cccnc23)c1)N1CCC(c2cccnc2)C1. The maximum absolute atomic E-state index is 14.5. The number of carbonyl (C=O) groups excluding carboxylic acids is 1. The number of likely N-dealkylation sites (tertiary alicyclic amines) is 1. The van der Waals surface area contributed by atoms with E-state index in [9.17, 15) is 9.18 Å². The topological polar surface area (TPSA) is 46.1 Å². The summed E-state index contributed by atoms with van der Waals surface area (Å²) in [4.78, 5) is 23.6. The minimum atomic E-state index is -0.424. The van der Waals surface area contributed by atoms with E-state index in [0.717, 1.165) is 28.5 Å². The van der Waals surface area contributed by atoms with Crippen LogP contribution in [-0.2, 0) is 0 Å². The van der Waals surface area contributed by atoms with E-state index in [1.807, 2.05) is 48.7 Å². The zero-order chi connectivity index (χ0) is 20.5. The van der Waals surface area contributed by atoms with Crippen molar-refractivity contribution in [2.75, 3.05) is 13.1 Å². The van der Waals surface area contributed by atoms with Crippen LogP contribution in [0.4, 0.5) is 4.39 Å². The normalized spacial score (nSPS) is 16.2. The van der Waals surface area contributed by atoms with Crippen molar-refractivity contribution in [3.63, 3.8) is 0 Å². The van der Waals surface area contributed by atoms with Gasteiger partial charge in [0.2, 0.25) is 0 Å². The maximum Gasteiger partial charge on any atom is 0.253 e. The fraction of sp³-hybridized carbons (Fsp3) is 0.160. The molecule has 0 saturated carbocycles. The molecule has 0 aliphatic carbocycles. The molecule has 0 radical (unpaired) electrons. The molecule has 0 N–H and O–H groups in total. The number of hydrogen-bond acceptors (Lipinski definition) is 3. The molecule has 1 aliphatic heterocycles. The van der Waals surface area contributed by atoms with Crippen molar-refractivity contribution >= 4 is 16.8 Å². The molecule has 2 aromatic heterocycles. The Morgan fingerprint density at radius 2 is 1.90 bits per heavy atom. The summed E-state index contributed by atoms with van der Waals surface area (Å²) in [6.45, 7) is 1.27. The molecule has 148 valence electrons. The van der Waals surface area contributed by atoms with Crippen LogP contribution in [-0.4, -0.2) is 33.9 Å². The molecule has 1 aliphatic rings. The van der Waals surface area contributed by atoms with Gasteiger partial charge in [-0.2, -0.15) is 0 Å². The van der Waals surface area contributed by atoms with Gasteiger partial charge < -0.3 is 4.90 Å². The van der Waals surface area contributed by atoms with Gasteiger partial charge in [0.1, 0.15) is 5.82 Å². The molecule has 1 unspecified atom stereocenters. The van der Waals surface area contributed by atoms with Gasteiger partial charge in [-0.25, -0.2) is 4.39 Å². The summed E-state index contributed by atoms with van der Waals surface area (Å²) in [5.74, 6) is -0.305. The Labute approximate surface area is 174 Å². The molecule has 3 heterocycles. The molecule has 4 nitrogen and oxygen atoms in total. The average molecular weight is 397 g/mol. The van der Waals surface area contributed by atoms with Crippen LogP contribution in [0.5, 0.6) is 0 Å². The monoisotopic (exact) mass is 397 g/mol. The zero-order valence-electron chi connectivity index (χ0n) is 16.3. The van der Waals surface area contributed by atoms with E-state index in [-0.39, 0.29) is 11.8 Å². The van der Waals surface area contributed by atoms with E-state index < -0.39 is 5.82 Å². The molecule has 1 fully saturated rings. The highest BCUT2D eigenvalue weighted by molar-refractivity contribution is 5.98. The van der Waals surface area contributed by atoms with E-state index in [1.165, 1.54) is 12.1 Å². The van der Waals surface area contributed by atoms with Crippen molar-refractivity contribution in [1.82, 2.24) is 14.9 Å². The third kappa shape index (κ3) is 3.43. The highest BCUT2D eigenvalue weighted by Gasteiger charge is 2.28. The van der Waals surface area contributed by atoms with Gasteiger partial charge in [0, 0.05) is 54.1 Å². The predicted molar refractivity (Wildman–Crippen MR) is 115 cm³/mol. The lowest BCUT2D eigenvalue weighted by molar-refractivity contribution is 0.0790. The van der Waals surface area contributed by atoms with Crippen molar-refractivity contribution in [1.29, 1.82) is 0 Å². The molecule has 5 heteroatoms. The first-order chi connectivity index (χ1) is 14.7. The lowest BCUT2D eigenvalue weighted by atomic mass is 9.99. The Morgan fingerprint density at radius 3 is 2.77 bits per heavy atom. The summed E-state index contributed by atoms with van der Waals surface area (Å²) in [5.41, 5.74) is 3.77. The van der Waals surface area contributed by atoms with Gasteiger partial charge in [0.05, 0.1) is 5.52 Å². The maximum atomic E-state index is 14.5. The largest absolute Gasteiger partial charge is 0.338 e. The number of rotatable bonds is 3. The van der Waals surface area contributed by atoms with E-state index in [0.29, 0.717) is 24.2 Å². The first kappa shape index (κ1) is 18.4. The average Bonchev–Trinajstić information content (AvgIpc) is 3.29. The number of aromatic nitrogens is 2. The van der Waals surface area contributed by atoms with Crippen LogP contribution < -0.4 is 0 Å². The lowest BCUT2D eigenvalue weighted by Gasteiger charge is -2.17. The van der Waals surface area contributed by atoms with Crippen molar-refractivity contribution in [2.45, 2.75) is 12.3 Å². The standard InChI is InChI=1S/C25H20FN3O/c26-22-13-20(23-7-1-4-17-5-3-10-28-24(17)23)12-21(14-22)25(30)29-11-8-19(16-29)18-6-2-9-27-15-18/h1-7,9-10,12-15,19H,8,11,16H2.